The van der Waals surface area contributed by atoms with Crippen molar-refractivity contribution in [2.75, 3.05) is 7.05 Å². The molecule has 2 heteroatoms. The molecule has 0 aliphatic rings. The van der Waals surface area contributed by atoms with Crippen LogP contribution in [0.25, 0.3) is 0 Å². The third kappa shape index (κ3) is 5.09. The first-order valence-corrected chi connectivity index (χ1v) is 6.95. The van der Waals surface area contributed by atoms with E-state index in [0.29, 0.717) is 12.0 Å². The summed E-state index contributed by atoms with van der Waals surface area (Å²) in [4.78, 5) is 0. The molecule has 0 radical (unpaired) electrons. The summed E-state index contributed by atoms with van der Waals surface area (Å²) in [6.45, 7) is 8.63. The van der Waals surface area contributed by atoms with Crippen LogP contribution in [0.5, 0.6) is 5.75 Å². The Morgan fingerprint density at radius 1 is 1.06 bits per heavy atom. The van der Waals surface area contributed by atoms with Crippen LogP contribution in [0.1, 0.15) is 39.7 Å². The van der Waals surface area contributed by atoms with Crippen LogP contribution in [0.2, 0.25) is 0 Å². The molecule has 1 N–H and O–H groups in total. The van der Waals surface area contributed by atoms with Gasteiger partial charge in [-0.1, -0.05) is 26.0 Å². The lowest BCUT2D eigenvalue weighted by Gasteiger charge is -2.20. The van der Waals surface area contributed by atoms with Gasteiger partial charge in [0.1, 0.15) is 5.75 Å². The van der Waals surface area contributed by atoms with Gasteiger partial charge < -0.3 is 10.1 Å². The van der Waals surface area contributed by atoms with Crippen LogP contribution >= 0.6 is 0 Å². The Hall–Kier alpha value is -1.02. The van der Waals surface area contributed by atoms with Gasteiger partial charge in [0.25, 0.3) is 0 Å². The highest BCUT2D eigenvalue weighted by Gasteiger charge is 2.10. The van der Waals surface area contributed by atoms with Gasteiger partial charge in [-0.05, 0) is 57.4 Å². The zero-order chi connectivity index (χ0) is 13.5. The average molecular weight is 249 g/mol. The first kappa shape index (κ1) is 15.0. The van der Waals surface area contributed by atoms with Crippen LogP contribution in [-0.2, 0) is 6.42 Å². The molecular weight excluding hydrogens is 222 g/mol. The van der Waals surface area contributed by atoms with E-state index in [9.17, 15) is 0 Å². The Morgan fingerprint density at radius 3 is 2.11 bits per heavy atom. The van der Waals surface area contributed by atoms with Gasteiger partial charge >= 0.3 is 0 Å². The molecule has 18 heavy (non-hydrogen) atoms. The van der Waals surface area contributed by atoms with Gasteiger partial charge in [0, 0.05) is 6.04 Å². The predicted octanol–water partition coefficient (Wildman–Crippen LogP) is 3.65. The minimum absolute atomic E-state index is 0.241. The molecule has 102 valence electrons. The maximum Gasteiger partial charge on any atom is 0.119 e. The van der Waals surface area contributed by atoms with Crippen LogP contribution in [0.15, 0.2) is 24.3 Å². The summed E-state index contributed by atoms with van der Waals surface area (Å²) < 4.78 is 5.64. The third-order valence-electron chi connectivity index (χ3n) is 3.21. The maximum absolute atomic E-state index is 5.64. The lowest BCUT2D eigenvalue weighted by atomic mass is 9.97. The molecule has 0 heterocycles. The predicted molar refractivity (Wildman–Crippen MR) is 78.2 cm³/mol. The number of rotatable bonds is 7. The monoisotopic (exact) mass is 249 g/mol. The molecule has 0 aliphatic heterocycles. The van der Waals surface area contributed by atoms with Crippen LogP contribution in [0, 0.1) is 5.92 Å². The molecular formula is C16H27NO. The lowest BCUT2D eigenvalue weighted by molar-refractivity contribution is 0.242. The van der Waals surface area contributed by atoms with Crippen LogP contribution in [0.4, 0.5) is 0 Å². The van der Waals surface area contributed by atoms with Gasteiger partial charge in [-0.3, -0.25) is 0 Å². The number of benzene rings is 1. The van der Waals surface area contributed by atoms with Crippen molar-refractivity contribution in [3.63, 3.8) is 0 Å². The number of aryl methyl sites for hydroxylation is 1. The summed E-state index contributed by atoms with van der Waals surface area (Å²) in [5.74, 6) is 1.64. The molecule has 2 nitrogen and oxygen atoms in total. The summed E-state index contributed by atoms with van der Waals surface area (Å²) in [6, 6.07) is 9.07. The second kappa shape index (κ2) is 7.42. The van der Waals surface area contributed by atoms with Gasteiger partial charge in [-0.15, -0.1) is 0 Å². The highest BCUT2D eigenvalue weighted by molar-refractivity contribution is 5.27. The fraction of sp³-hybridized carbons (Fsp3) is 0.625. The van der Waals surface area contributed by atoms with Crippen molar-refractivity contribution in [2.45, 2.75) is 52.7 Å². The van der Waals surface area contributed by atoms with Crippen molar-refractivity contribution < 1.29 is 4.74 Å². The molecule has 1 aromatic rings. The van der Waals surface area contributed by atoms with E-state index >= 15 is 0 Å². The first-order valence-electron chi connectivity index (χ1n) is 6.95. The molecule has 0 saturated carbocycles. The van der Waals surface area contributed by atoms with Crippen molar-refractivity contribution in [3.8, 4) is 5.75 Å². The van der Waals surface area contributed by atoms with E-state index in [0.717, 1.165) is 12.2 Å². The van der Waals surface area contributed by atoms with Crippen LogP contribution in [0.3, 0.4) is 0 Å². The summed E-state index contributed by atoms with van der Waals surface area (Å²) in [6.07, 6.45) is 2.54. The molecule has 0 aromatic heterocycles. The molecule has 0 amide bonds. The molecule has 1 aromatic carbocycles. The van der Waals surface area contributed by atoms with Crippen molar-refractivity contribution >= 4 is 0 Å². The van der Waals surface area contributed by atoms with E-state index in [1.165, 1.54) is 12.0 Å². The molecule has 0 spiro atoms. The summed E-state index contributed by atoms with van der Waals surface area (Å²) in [5.41, 5.74) is 1.38. The molecule has 0 bridgehead atoms. The second-order valence-corrected chi connectivity index (χ2v) is 5.49. The van der Waals surface area contributed by atoms with E-state index in [1.54, 1.807) is 0 Å². The Morgan fingerprint density at radius 2 is 1.67 bits per heavy atom. The number of nitrogens with one attached hydrogen (secondary N) is 1. The molecule has 1 unspecified atom stereocenters. The maximum atomic E-state index is 5.64. The van der Waals surface area contributed by atoms with E-state index < -0.39 is 0 Å². The highest BCUT2D eigenvalue weighted by Crippen LogP contribution is 2.16. The van der Waals surface area contributed by atoms with E-state index in [1.807, 2.05) is 20.9 Å². The van der Waals surface area contributed by atoms with Crippen LogP contribution < -0.4 is 10.1 Å². The highest BCUT2D eigenvalue weighted by atomic mass is 16.5. The number of hydrogen-bond acceptors (Lipinski definition) is 2. The molecule has 0 fully saturated rings. The Bertz CT molecular complexity index is 329. The van der Waals surface area contributed by atoms with E-state index in [2.05, 4.69) is 43.4 Å². The molecule has 0 aliphatic carbocycles. The fourth-order valence-corrected chi connectivity index (χ4v) is 2.14. The van der Waals surface area contributed by atoms with E-state index in [4.69, 9.17) is 4.74 Å². The first-order chi connectivity index (χ1) is 8.52. The van der Waals surface area contributed by atoms with Crippen molar-refractivity contribution in [2.24, 2.45) is 5.92 Å². The van der Waals surface area contributed by atoms with Crippen molar-refractivity contribution in [1.82, 2.24) is 5.32 Å². The van der Waals surface area contributed by atoms with Gasteiger partial charge in [-0.25, -0.2) is 0 Å². The quantitative estimate of drug-likeness (QED) is 0.796. The Balaban J connectivity index is 2.48. The second-order valence-electron chi connectivity index (χ2n) is 5.49. The third-order valence-corrected chi connectivity index (χ3v) is 3.21. The fourth-order valence-electron chi connectivity index (χ4n) is 2.14. The zero-order valence-corrected chi connectivity index (χ0v) is 12.4. The minimum Gasteiger partial charge on any atom is -0.491 e. The Labute approximate surface area is 112 Å². The SMILES string of the molecule is CNC(CCc1ccc(OC(C)C)cc1)C(C)C. The summed E-state index contributed by atoms with van der Waals surface area (Å²) in [5, 5.41) is 3.38. The Kier molecular flexibility index (Phi) is 6.20. The van der Waals surface area contributed by atoms with Gasteiger partial charge in [0.05, 0.1) is 6.10 Å². The minimum atomic E-state index is 0.241. The van der Waals surface area contributed by atoms with Crippen molar-refractivity contribution in [3.05, 3.63) is 29.8 Å². The van der Waals surface area contributed by atoms with Crippen molar-refractivity contribution in [1.29, 1.82) is 0 Å². The normalized spacial score (nSPS) is 13.1. The van der Waals surface area contributed by atoms with E-state index in [-0.39, 0.29) is 6.10 Å². The number of hydrogen-bond donors (Lipinski definition) is 1. The molecule has 1 atom stereocenters. The van der Waals surface area contributed by atoms with Gasteiger partial charge in [0.15, 0.2) is 0 Å². The summed E-state index contributed by atoms with van der Waals surface area (Å²) >= 11 is 0. The van der Waals surface area contributed by atoms with Crippen LogP contribution in [-0.4, -0.2) is 19.2 Å². The number of ether oxygens (including phenoxy) is 1. The standard InChI is InChI=1S/C16H27NO/c1-12(2)16(17-5)11-8-14-6-9-15(10-7-14)18-13(3)4/h6-7,9-10,12-13,16-17H,8,11H2,1-5H3. The smallest absolute Gasteiger partial charge is 0.119 e. The van der Waals surface area contributed by atoms with Gasteiger partial charge in [0.2, 0.25) is 0 Å². The molecule has 1 rings (SSSR count). The molecule has 0 saturated heterocycles. The zero-order valence-electron chi connectivity index (χ0n) is 12.4. The largest absolute Gasteiger partial charge is 0.491 e. The topological polar surface area (TPSA) is 21.3 Å². The lowest BCUT2D eigenvalue weighted by Crippen LogP contribution is -2.30. The summed E-state index contributed by atoms with van der Waals surface area (Å²) in [7, 11) is 2.05. The average Bonchev–Trinajstić information content (AvgIpc) is 2.31. The van der Waals surface area contributed by atoms with Gasteiger partial charge in [-0.2, -0.15) is 0 Å².